The highest BCUT2D eigenvalue weighted by molar-refractivity contribution is 14.1. The van der Waals surface area contributed by atoms with Crippen LogP contribution in [0.2, 0.25) is 0 Å². The first-order chi connectivity index (χ1) is 9.11. The molecule has 2 aromatic rings. The highest BCUT2D eigenvalue weighted by Crippen LogP contribution is 2.23. The molecule has 0 aromatic heterocycles. The molecule has 0 aliphatic carbocycles. The van der Waals surface area contributed by atoms with Crippen molar-refractivity contribution in [3.63, 3.8) is 0 Å². The summed E-state index contributed by atoms with van der Waals surface area (Å²) in [4.78, 5) is 0. The highest BCUT2D eigenvalue weighted by atomic mass is 127. The number of nitrogens with one attached hydrogen (secondary N) is 1. The molecule has 0 radical (unpaired) electrons. The molecule has 1 nitrogen and oxygen atoms in total. The summed E-state index contributed by atoms with van der Waals surface area (Å²) in [6.45, 7) is 0. The summed E-state index contributed by atoms with van der Waals surface area (Å²) in [5.74, 6) is -0.989. The van der Waals surface area contributed by atoms with Crippen LogP contribution in [-0.2, 0) is 6.42 Å². The molecule has 1 unspecified atom stereocenters. The molecule has 0 bridgehead atoms. The van der Waals surface area contributed by atoms with E-state index >= 15 is 0 Å². The molecule has 0 amide bonds. The van der Waals surface area contributed by atoms with Crippen LogP contribution in [0.3, 0.4) is 0 Å². The standard InChI is InChI=1S/C15H14F2IN/c1-19-15(10-4-2-5-11(18)8-10)9-12-13(16)6-3-7-14(12)17/h2-8,15,19H,9H2,1H3. The van der Waals surface area contributed by atoms with Crippen molar-refractivity contribution in [1.82, 2.24) is 5.32 Å². The molecule has 4 heteroatoms. The molecular formula is C15H14F2IN. The van der Waals surface area contributed by atoms with Gasteiger partial charge in [-0.05, 0) is 65.9 Å². The van der Waals surface area contributed by atoms with E-state index in [0.717, 1.165) is 9.13 Å². The summed E-state index contributed by atoms with van der Waals surface area (Å²) in [6.07, 6.45) is 0.287. The van der Waals surface area contributed by atoms with E-state index in [1.807, 2.05) is 24.3 Å². The molecule has 1 atom stereocenters. The van der Waals surface area contributed by atoms with E-state index < -0.39 is 11.6 Å². The lowest BCUT2D eigenvalue weighted by Crippen LogP contribution is -2.20. The van der Waals surface area contributed by atoms with Gasteiger partial charge >= 0.3 is 0 Å². The van der Waals surface area contributed by atoms with Crippen molar-refractivity contribution < 1.29 is 8.78 Å². The fourth-order valence-corrected chi connectivity index (χ4v) is 2.61. The van der Waals surface area contributed by atoms with Crippen molar-refractivity contribution in [2.45, 2.75) is 12.5 Å². The predicted molar refractivity (Wildman–Crippen MR) is 81.0 cm³/mol. The summed E-state index contributed by atoms with van der Waals surface area (Å²) in [6, 6.07) is 11.8. The van der Waals surface area contributed by atoms with Crippen LogP contribution in [0, 0.1) is 15.2 Å². The van der Waals surface area contributed by atoms with Crippen molar-refractivity contribution in [2.75, 3.05) is 7.05 Å². The Morgan fingerprint density at radius 2 is 1.74 bits per heavy atom. The summed E-state index contributed by atoms with van der Waals surface area (Å²) in [5, 5.41) is 3.11. The smallest absolute Gasteiger partial charge is 0.129 e. The fraction of sp³-hybridized carbons (Fsp3) is 0.200. The van der Waals surface area contributed by atoms with Crippen LogP contribution in [0.4, 0.5) is 8.78 Å². The normalized spacial score (nSPS) is 12.4. The van der Waals surface area contributed by atoms with Gasteiger partial charge in [0.15, 0.2) is 0 Å². The Morgan fingerprint density at radius 3 is 2.32 bits per heavy atom. The van der Waals surface area contributed by atoms with Gasteiger partial charge in [-0.1, -0.05) is 18.2 Å². The average molecular weight is 373 g/mol. The SMILES string of the molecule is CNC(Cc1c(F)cccc1F)c1cccc(I)c1. The molecular weight excluding hydrogens is 359 g/mol. The first kappa shape index (κ1) is 14.4. The molecule has 19 heavy (non-hydrogen) atoms. The van der Waals surface area contributed by atoms with Gasteiger partial charge in [0.05, 0.1) is 0 Å². The summed E-state index contributed by atoms with van der Waals surface area (Å²) < 4.78 is 28.4. The molecule has 2 rings (SSSR count). The second-order valence-corrected chi connectivity index (χ2v) is 5.55. The van der Waals surface area contributed by atoms with E-state index in [-0.39, 0.29) is 18.0 Å². The van der Waals surface area contributed by atoms with Crippen LogP contribution in [0.25, 0.3) is 0 Å². The quantitative estimate of drug-likeness (QED) is 0.797. The van der Waals surface area contributed by atoms with Crippen molar-refractivity contribution in [3.8, 4) is 0 Å². The Hall–Kier alpha value is -1.01. The minimum absolute atomic E-state index is 0.110. The average Bonchev–Trinajstić information content (AvgIpc) is 2.38. The number of hydrogen-bond acceptors (Lipinski definition) is 1. The van der Waals surface area contributed by atoms with Crippen LogP contribution in [-0.4, -0.2) is 7.05 Å². The lowest BCUT2D eigenvalue weighted by atomic mass is 9.98. The molecule has 0 fully saturated rings. The maximum atomic E-state index is 13.7. The number of hydrogen-bond donors (Lipinski definition) is 1. The topological polar surface area (TPSA) is 12.0 Å². The van der Waals surface area contributed by atoms with Gasteiger partial charge in [-0.3, -0.25) is 0 Å². The molecule has 0 heterocycles. The van der Waals surface area contributed by atoms with Gasteiger partial charge < -0.3 is 5.32 Å². The zero-order valence-electron chi connectivity index (χ0n) is 10.5. The van der Waals surface area contributed by atoms with Crippen molar-refractivity contribution in [2.24, 2.45) is 0 Å². The van der Waals surface area contributed by atoms with E-state index in [4.69, 9.17) is 0 Å². The fourth-order valence-electron chi connectivity index (χ4n) is 2.04. The van der Waals surface area contributed by atoms with Crippen molar-refractivity contribution >= 4 is 22.6 Å². The zero-order valence-corrected chi connectivity index (χ0v) is 12.6. The largest absolute Gasteiger partial charge is 0.313 e. The molecule has 0 spiro atoms. The Kier molecular flexibility index (Phi) is 4.87. The number of halogens is 3. The molecule has 0 aliphatic rings. The van der Waals surface area contributed by atoms with Gasteiger partial charge in [-0.15, -0.1) is 0 Å². The molecule has 0 saturated carbocycles. The van der Waals surface area contributed by atoms with E-state index in [9.17, 15) is 8.78 Å². The Balaban J connectivity index is 2.29. The number of benzene rings is 2. The van der Waals surface area contributed by atoms with Crippen LogP contribution >= 0.6 is 22.6 Å². The first-order valence-corrected chi connectivity index (χ1v) is 7.05. The highest BCUT2D eigenvalue weighted by Gasteiger charge is 2.16. The van der Waals surface area contributed by atoms with Gasteiger partial charge in [0.1, 0.15) is 11.6 Å². The maximum Gasteiger partial charge on any atom is 0.129 e. The van der Waals surface area contributed by atoms with Crippen LogP contribution in [0.5, 0.6) is 0 Å². The van der Waals surface area contributed by atoms with Crippen molar-refractivity contribution in [1.29, 1.82) is 0 Å². The Bertz CT molecular complexity index is 552. The summed E-state index contributed by atoms with van der Waals surface area (Å²) in [5.41, 5.74) is 1.15. The lowest BCUT2D eigenvalue weighted by molar-refractivity contribution is 0.515. The van der Waals surface area contributed by atoms with E-state index in [2.05, 4.69) is 27.9 Å². The third-order valence-corrected chi connectivity index (χ3v) is 3.74. The van der Waals surface area contributed by atoms with E-state index in [1.165, 1.54) is 18.2 Å². The molecule has 0 aliphatic heterocycles. The third-order valence-electron chi connectivity index (χ3n) is 3.07. The van der Waals surface area contributed by atoms with Crippen LogP contribution < -0.4 is 5.32 Å². The second-order valence-electron chi connectivity index (χ2n) is 4.30. The van der Waals surface area contributed by atoms with Gasteiger partial charge in [0, 0.05) is 15.2 Å². The lowest BCUT2D eigenvalue weighted by Gasteiger charge is -2.18. The van der Waals surface area contributed by atoms with Gasteiger partial charge in [0.25, 0.3) is 0 Å². The zero-order chi connectivity index (χ0) is 13.8. The van der Waals surface area contributed by atoms with E-state index in [1.54, 1.807) is 7.05 Å². The molecule has 2 aromatic carbocycles. The van der Waals surface area contributed by atoms with Gasteiger partial charge in [-0.25, -0.2) is 8.78 Å². The van der Waals surface area contributed by atoms with Crippen molar-refractivity contribution in [3.05, 3.63) is 68.8 Å². The molecule has 1 N–H and O–H groups in total. The predicted octanol–water partition coefficient (Wildman–Crippen LogP) is 4.07. The monoisotopic (exact) mass is 373 g/mol. The Labute approximate surface area is 125 Å². The maximum absolute atomic E-state index is 13.7. The molecule has 100 valence electrons. The number of likely N-dealkylation sites (N-methyl/N-ethyl adjacent to an activating group) is 1. The first-order valence-electron chi connectivity index (χ1n) is 5.97. The summed E-state index contributed by atoms with van der Waals surface area (Å²) in [7, 11) is 1.79. The van der Waals surface area contributed by atoms with Crippen LogP contribution in [0.1, 0.15) is 17.2 Å². The number of rotatable bonds is 4. The Morgan fingerprint density at radius 1 is 1.11 bits per heavy atom. The van der Waals surface area contributed by atoms with Gasteiger partial charge in [0.2, 0.25) is 0 Å². The van der Waals surface area contributed by atoms with Crippen LogP contribution in [0.15, 0.2) is 42.5 Å². The summed E-state index contributed by atoms with van der Waals surface area (Å²) >= 11 is 2.22. The third kappa shape index (κ3) is 3.51. The minimum Gasteiger partial charge on any atom is -0.313 e. The molecule has 0 saturated heterocycles. The minimum atomic E-state index is -0.495. The van der Waals surface area contributed by atoms with Gasteiger partial charge in [-0.2, -0.15) is 0 Å². The second kappa shape index (κ2) is 6.43. The van der Waals surface area contributed by atoms with E-state index in [0.29, 0.717) is 0 Å².